The molecular weight excluding hydrogens is 600 g/mol. The summed E-state index contributed by atoms with van der Waals surface area (Å²) in [6, 6.07) is 10.6. The quantitative estimate of drug-likeness (QED) is 0.116. The van der Waals surface area contributed by atoms with Gasteiger partial charge in [0.05, 0.1) is 36.4 Å². The third kappa shape index (κ3) is 8.15. The number of pyridine rings is 3. The highest BCUT2D eigenvalue weighted by Gasteiger charge is 2.41. The van der Waals surface area contributed by atoms with Crippen LogP contribution in [0.15, 0.2) is 48.8 Å². The largest absolute Gasteiger partial charge is 0.415 e. The number of halogens is 2. The third-order valence-electron chi connectivity index (χ3n) is 10.8. The highest BCUT2D eigenvalue weighted by atomic mass is 19.3. The summed E-state index contributed by atoms with van der Waals surface area (Å²) in [6.45, 7) is 10.6. The molecule has 2 aliphatic rings. The zero-order chi connectivity index (χ0) is 33.6. The number of aromatic nitrogens is 3. The molecule has 0 unspecified atom stereocenters. The highest BCUT2D eigenvalue weighted by Crippen LogP contribution is 2.41. The lowest BCUT2D eigenvalue weighted by Crippen LogP contribution is -2.57. The van der Waals surface area contributed by atoms with Crippen molar-refractivity contribution in [2.24, 2.45) is 11.8 Å². The van der Waals surface area contributed by atoms with Crippen LogP contribution in [-0.2, 0) is 15.1 Å². The Labute approximate surface area is 277 Å². The van der Waals surface area contributed by atoms with Gasteiger partial charge in [0, 0.05) is 23.5 Å². The fourth-order valence-corrected chi connectivity index (χ4v) is 7.57. The monoisotopic (exact) mass is 650 g/mol. The number of ether oxygens (including phenoxy) is 1. The molecule has 0 bridgehead atoms. The Morgan fingerprint density at radius 2 is 1.72 bits per heavy atom. The van der Waals surface area contributed by atoms with Gasteiger partial charge in [0.25, 0.3) is 6.43 Å². The molecule has 5 rings (SSSR count). The molecule has 10 heteroatoms. The maximum Gasteiger partial charge on any atom is 0.313 e. The van der Waals surface area contributed by atoms with Gasteiger partial charge in [0.2, 0.25) is 6.73 Å². The fraction of sp³-hybridized carbons (Fsp3) is 0.568. The first-order valence-electron chi connectivity index (χ1n) is 17.3. The Morgan fingerprint density at radius 3 is 2.36 bits per heavy atom. The van der Waals surface area contributed by atoms with Gasteiger partial charge in [-0.05, 0) is 127 Å². The average Bonchev–Trinajstić information content (AvgIpc) is 3.09. The van der Waals surface area contributed by atoms with Crippen molar-refractivity contribution in [2.75, 3.05) is 25.1 Å². The zero-order valence-corrected chi connectivity index (χ0v) is 28.2. The number of nitrogens with one attached hydrogen (secondary N) is 1. The first-order valence-corrected chi connectivity index (χ1v) is 17.3. The van der Waals surface area contributed by atoms with E-state index in [4.69, 9.17) is 4.74 Å². The van der Waals surface area contributed by atoms with Crippen molar-refractivity contribution >= 4 is 17.6 Å². The second kappa shape index (κ2) is 15.2. The molecule has 47 heavy (non-hydrogen) atoms. The van der Waals surface area contributed by atoms with Gasteiger partial charge in [-0.1, -0.05) is 6.42 Å². The summed E-state index contributed by atoms with van der Waals surface area (Å²) in [6.07, 6.45) is 9.54. The second-order valence-corrected chi connectivity index (χ2v) is 13.7. The lowest BCUT2D eigenvalue weighted by Gasteiger charge is -2.44. The number of hydrogen-bond acceptors (Lipinski definition) is 7. The van der Waals surface area contributed by atoms with Crippen LogP contribution in [0, 0.1) is 18.8 Å². The maximum atomic E-state index is 13.2. The van der Waals surface area contributed by atoms with Crippen LogP contribution in [0.25, 0.3) is 11.3 Å². The van der Waals surface area contributed by atoms with Crippen molar-refractivity contribution in [3.8, 4) is 11.3 Å². The smallest absolute Gasteiger partial charge is 0.313 e. The van der Waals surface area contributed by atoms with E-state index >= 15 is 0 Å². The van der Waals surface area contributed by atoms with Gasteiger partial charge in [-0.15, -0.1) is 0 Å². The number of carbonyl (C=O) groups is 1. The molecule has 3 aromatic rings. The van der Waals surface area contributed by atoms with E-state index in [1.165, 1.54) is 50.4 Å². The van der Waals surface area contributed by atoms with E-state index < -0.39 is 12.0 Å². The number of anilines is 2. The third-order valence-corrected chi connectivity index (χ3v) is 10.8. The minimum Gasteiger partial charge on any atom is -0.415 e. The van der Waals surface area contributed by atoms with Crippen LogP contribution >= 0.6 is 0 Å². The molecule has 8 nitrogen and oxygen atoms in total. The van der Waals surface area contributed by atoms with Crippen LogP contribution in [0.1, 0.15) is 102 Å². The molecule has 2 fully saturated rings. The predicted octanol–water partition coefficient (Wildman–Crippen LogP) is 8.23. The standard InChI is InChI=1S/C37H50F2N5O3/c1-5-44(6-2,30-10-8-7-9-11-30)24-47-36(45)26-12-15-29(16-13-26)37(4,46)32-17-14-28(23-41-32)31-20-25(3)21-34(42-31)43-33-22-27(35(38)39)18-19-40-33/h14,17-23,26,29-30,35,46H,5-13,15-16,24H2,1-4H3,(H,40,42,43)/q+1/t26-,29-,37-/m1/s1. The van der Waals surface area contributed by atoms with E-state index in [2.05, 4.69) is 34.1 Å². The summed E-state index contributed by atoms with van der Waals surface area (Å²) in [5.41, 5.74) is 1.66. The average molecular weight is 651 g/mol. The minimum atomic E-state index is -2.59. The Morgan fingerprint density at radius 1 is 1.00 bits per heavy atom. The van der Waals surface area contributed by atoms with Crippen LogP contribution in [0.4, 0.5) is 20.4 Å². The fourth-order valence-electron chi connectivity index (χ4n) is 7.57. The maximum absolute atomic E-state index is 13.2. The molecule has 0 radical (unpaired) electrons. The molecule has 1 atom stereocenters. The van der Waals surface area contributed by atoms with Crippen LogP contribution in [0.2, 0.25) is 0 Å². The van der Waals surface area contributed by atoms with Gasteiger partial charge >= 0.3 is 5.97 Å². The highest BCUT2D eigenvalue weighted by molar-refractivity contribution is 5.72. The number of rotatable bonds is 12. The number of aliphatic hydroxyl groups is 1. The van der Waals surface area contributed by atoms with Crippen LogP contribution < -0.4 is 5.32 Å². The lowest BCUT2D eigenvalue weighted by atomic mass is 9.73. The van der Waals surface area contributed by atoms with Gasteiger partial charge in [0.1, 0.15) is 17.2 Å². The van der Waals surface area contributed by atoms with Gasteiger partial charge < -0.3 is 15.2 Å². The normalized spacial score (nSPS) is 20.5. The van der Waals surface area contributed by atoms with Crippen molar-refractivity contribution in [3.05, 3.63) is 65.6 Å². The first kappa shape index (κ1) is 34.8. The molecular formula is C37H50F2N5O3+. The summed E-state index contributed by atoms with van der Waals surface area (Å²) >= 11 is 0. The molecule has 0 amide bonds. The van der Waals surface area contributed by atoms with E-state index in [1.807, 2.05) is 38.1 Å². The zero-order valence-electron chi connectivity index (χ0n) is 28.2. The number of esters is 1. The van der Waals surface area contributed by atoms with Gasteiger partial charge in [-0.25, -0.2) is 18.7 Å². The number of nitrogens with zero attached hydrogens (tertiary/aromatic N) is 4. The molecule has 254 valence electrons. The van der Waals surface area contributed by atoms with E-state index in [9.17, 15) is 18.7 Å². The molecule has 0 aliphatic heterocycles. The molecule has 0 spiro atoms. The van der Waals surface area contributed by atoms with Crippen LogP contribution in [0.3, 0.4) is 0 Å². The Bertz CT molecular complexity index is 1480. The summed E-state index contributed by atoms with van der Waals surface area (Å²) < 4.78 is 33.2. The lowest BCUT2D eigenvalue weighted by molar-refractivity contribution is -0.964. The summed E-state index contributed by atoms with van der Waals surface area (Å²) in [7, 11) is 0. The summed E-state index contributed by atoms with van der Waals surface area (Å²) in [4.78, 5) is 26.6. The predicted molar refractivity (Wildman–Crippen MR) is 179 cm³/mol. The number of carbonyl (C=O) groups excluding carboxylic acids is 1. The van der Waals surface area contributed by atoms with Gasteiger partial charge in [-0.3, -0.25) is 14.3 Å². The topological polar surface area (TPSA) is 97.2 Å². The van der Waals surface area contributed by atoms with Crippen molar-refractivity contribution in [3.63, 3.8) is 0 Å². The Balaban J connectivity index is 1.19. The molecule has 2 saturated carbocycles. The van der Waals surface area contributed by atoms with Gasteiger partial charge in [0.15, 0.2) is 0 Å². The Kier molecular flexibility index (Phi) is 11.2. The van der Waals surface area contributed by atoms with Crippen molar-refractivity contribution in [1.29, 1.82) is 0 Å². The van der Waals surface area contributed by atoms with E-state index in [0.29, 0.717) is 42.8 Å². The van der Waals surface area contributed by atoms with Crippen LogP contribution in [0.5, 0.6) is 0 Å². The second-order valence-electron chi connectivity index (χ2n) is 13.7. The van der Waals surface area contributed by atoms with Gasteiger partial charge in [-0.2, -0.15) is 0 Å². The molecule has 2 aliphatic carbocycles. The van der Waals surface area contributed by atoms with Crippen LogP contribution in [-0.4, -0.2) is 56.4 Å². The molecule has 0 saturated heterocycles. The SMILES string of the molecule is CC[N+](CC)(COC(=O)[C@H]1CC[C@H]([C@@](C)(O)c2ccc(-c3cc(C)cc(Nc4cc(C(F)F)ccn4)n3)cn2)CC1)C1CCCCC1. The van der Waals surface area contributed by atoms with Crippen molar-refractivity contribution in [2.45, 2.75) is 104 Å². The van der Waals surface area contributed by atoms with Crippen molar-refractivity contribution < 1.29 is 27.9 Å². The van der Waals surface area contributed by atoms with E-state index in [1.54, 1.807) is 6.20 Å². The molecule has 3 heterocycles. The summed E-state index contributed by atoms with van der Waals surface area (Å²) in [5.74, 6) is 0.504. The molecule has 2 N–H and O–H groups in total. The number of aryl methyl sites for hydroxylation is 1. The van der Waals surface area contributed by atoms with Crippen molar-refractivity contribution in [1.82, 2.24) is 15.0 Å². The van der Waals surface area contributed by atoms with E-state index in [0.717, 1.165) is 41.5 Å². The molecule has 3 aromatic heterocycles. The first-order chi connectivity index (χ1) is 22.5. The summed E-state index contributed by atoms with van der Waals surface area (Å²) in [5, 5.41) is 14.7. The molecule has 0 aromatic carbocycles. The number of hydrogen-bond donors (Lipinski definition) is 2. The number of quaternary nitrogens is 1. The number of alkyl halides is 2. The van der Waals surface area contributed by atoms with E-state index in [-0.39, 0.29) is 29.2 Å². The Hall–Kier alpha value is -3.50. The minimum absolute atomic E-state index is 0.0299.